The molecule has 0 aromatic heterocycles. The lowest BCUT2D eigenvalue weighted by Gasteiger charge is -2.19. The number of rotatable bonds is 5. The molecule has 0 spiro atoms. The molecule has 0 radical (unpaired) electrons. The van der Waals surface area contributed by atoms with Crippen LogP contribution < -0.4 is 5.43 Å². The summed E-state index contributed by atoms with van der Waals surface area (Å²) in [6, 6.07) is 0. The molecule has 0 aliphatic carbocycles. The summed E-state index contributed by atoms with van der Waals surface area (Å²) in [6.45, 7) is 5.55. The minimum atomic E-state index is -0.451. The van der Waals surface area contributed by atoms with Crippen LogP contribution in [0.4, 0.5) is 0 Å². The van der Waals surface area contributed by atoms with E-state index in [2.05, 4.69) is 12.0 Å². The maximum atomic E-state index is 9.15. The van der Waals surface area contributed by atoms with Gasteiger partial charge in [0.1, 0.15) is 6.23 Å². The van der Waals surface area contributed by atoms with E-state index in [0.29, 0.717) is 0 Å². The highest BCUT2D eigenvalue weighted by Gasteiger charge is 2.00. The zero-order valence-corrected chi connectivity index (χ0v) is 6.67. The summed E-state index contributed by atoms with van der Waals surface area (Å²) in [5, 5.41) is 10.8. The molecule has 0 rings (SSSR count). The standard InChI is InChI=1S/C7H16N2O/c1-4-6-7(10)8-9(3)5-2/h5,7-8,10H,2,4,6H2,1,3H3. The Balaban J connectivity index is 3.36. The van der Waals surface area contributed by atoms with E-state index in [9.17, 15) is 0 Å². The molecule has 0 aliphatic heterocycles. The van der Waals surface area contributed by atoms with Crippen molar-refractivity contribution in [1.82, 2.24) is 10.4 Å². The van der Waals surface area contributed by atoms with Crippen LogP contribution in [-0.2, 0) is 0 Å². The Morgan fingerprint density at radius 3 is 2.80 bits per heavy atom. The number of aliphatic hydroxyl groups is 1. The van der Waals surface area contributed by atoms with E-state index in [4.69, 9.17) is 5.11 Å². The molecule has 0 saturated carbocycles. The van der Waals surface area contributed by atoms with E-state index in [0.717, 1.165) is 12.8 Å². The summed E-state index contributed by atoms with van der Waals surface area (Å²) in [7, 11) is 1.80. The molecule has 0 saturated heterocycles. The van der Waals surface area contributed by atoms with Gasteiger partial charge in [-0.1, -0.05) is 19.9 Å². The molecule has 0 aromatic carbocycles. The van der Waals surface area contributed by atoms with Crippen LogP contribution in [0, 0.1) is 0 Å². The molecule has 2 N–H and O–H groups in total. The minimum Gasteiger partial charge on any atom is -0.377 e. The Hall–Kier alpha value is -0.540. The van der Waals surface area contributed by atoms with Crippen molar-refractivity contribution >= 4 is 0 Å². The molecule has 60 valence electrons. The molecule has 10 heavy (non-hydrogen) atoms. The van der Waals surface area contributed by atoms with Crippen LogP contribution in [0.25, 0.3) is 0 Å². The predicted molar refractivity (Wildman–Crippen MR) is 42.0 cm³/mol. The number of aliphatic hydroxyl groups excluding tert-OH is 1. The second-order valence-corrected chi connectivity index (χ2v) is 2.23. The van der Waals surface area contributed by atoms with Crippen LogP contribution >= 0.6 is 0 Å². The van der Waals surface area contributed by atoms with Gasteiger partial charge in [0.15, 0.2) is 0 Å². The normalized spacial score (nSPS) is 12.7. The van der Waals surface area contributed by atoms with E-state index in [1.807, 2.05) is 6.92 Å². The largest absolute Gasteiger partial charge is 0.377 e. The fraction of sp³-hybridized carbons (Fsp3) is 0.714. The smallest absolute Gasteiger partial charge is 0.121 e. The fourth-order valence-electron chi connectivity index (χ4n) is 0.626. The Bertz CT molecular complexity index is 95.6. The Morgan fingerprint density at radius 1 is 1.80 bits per heavy atom. The summed E-state index contributed by atoms with van der Waals surface area (Å²) < 4.78 is 0. The highest BCUT2D eigenvalue weighted by Crippen LogP contribution is 1.92. The third-order valence-electron chi connectivity index (χ3n) is 1.19. The van der Waals surface area contributed by atoms with Gasteiger partial charge >= 0.3 is 0 Å². The van der Waals surface area contributed by atoms with Crippen LogP contribution in [0.3, 0.4) is 0 Å². The number of nitrogens with one attached hydrogen (secondary N) is 1. The van der Waals surface area contributed by atoms with Crippen molar-refractivity contribution in [2.45, 2.75) is 26.0 Å². The van der Waals surface area contributed by atoms with Crippen LogP contribution in [0.15, 0.2) is 12.8 Å². The number of hydrogen-bond acceptors (Lipinski definition) is 3. The number of hydrazine groups is 1. The first kappa shape index (κ1) is 9.46. The summed E-state index contributed by atoms with van der Waals surface area (Å²) >= 11 is 0. The van der Waals surface area contributed by atoms with Crippen LogP contribution in [0.1, 0.15) is 19.8 Å². The van der Waals surface area contributed by atoms with Gasteiger partial charge in [-0.3, -0.25) is 0 Å². The Morgan fingerprint density at radius 2 is 2.40 bits per heavy atom. The van der Waals surface area contributed by atoms with Crippen LogP contribution in [0.2, 0.25) is 0 Å². The van der Waals surface area contributed by atoms with Crippen LogP contribution in [0.5, 0.6) is 0 Å². The van der Waals surface area contributed by atoms with Gasteiger partial charge in [0.2, 0.25) is 0 Å². The molecule has 0 bridgehead atoms. The van der Waals surface area contributed by atoms with Crippen molar-refractivity contribution in [2.24, 2.45) is 0 Å². The molecule has 3 nitrogen and oxygen atoms in total. The first-order chi connectivity index (χ1) is 4.70. The first-order valence-corrected chi connectivity index (χ1v) is 3.50. The second kappa shape index (κ2) is 5.26. The zero-order valence-electron chi connectivity index (χ0n) is 6.67. The van der Waals surface area contributed by atoms with Crippen molar-refractivity contribution < 1.29 is 5.11 Å². The van der Waals surface area contributed by atoms with Crippen molar-refractivity contribution in [1.29, 1.82) is 0 Å². The third-order valence-corrected chi connectivity index (χ3v) is 1.19. The van der Waals surface area contributed by atoms with Gasteiger partial charge in [-0.25, -0.2) is 5.43 Å². The lowest BCUT2D eigenvalue weighted by Crippen LogP contribution is -2.38. The molecule has 0 amide bonds. The highest BCUT2D eigenvalue weighted by molar-refractivity contribution is 4.62. The zero-order chi connectivity index (χ0) is 7.98. The Labute approximate surface area is 62.3 Å². The molecular weight excluding hydrogens is 128 g/mol. The van der Waals surface area contributed by atoms with Gasteiger partial charge in [0.05, 0.1) is 0 Å². The SMILES string of the molecule is C=CN(C)NC(O)CCC. The van der Waals surface area contributed by atoms with E-state index in [1.165, 1.54) is 0 Å². The maximum absolute atomic E-state index is 9.15. The van der Waals surface area contributed by atoms with Gasteiger partial charge in [-0.05, 0) is 6.42 Å². The van der Waals surface area contributed by atoms with E-state index in [-0.39, 0.29) is 0 Å². The van der Waals surface area contributed by atoms with Gasteiger partial charge in [0, 0.05) is 13.2 Å². The molecule has 0 heterocycles. The summed E-state index contributed by atoms with van der Waals surface area (Å²) in [4.78, 5) is 0. The van der Waals surface area contributed by atoms with Gasteiger partial charge < -0.3 is 10.1 Å². The number of nitrogens with zero attached hydrogens (tertiary/aromatic N) is 1. The lowest BCUT2D eigenvalue weighted by molar-refractivity contribution is 0.0659. The average molecular weight is 144 g/mol. The lowest BCUT2D eigenvalue weighted by atomic mass is 10.3. The molecular formula is C7H16N2O. The van der Waals surface area contributed by atoms with E-state index >= 15 is 0 Å². The van der Waals surface area contributed by atoms with Crippen LogP contribution in [-0.4, -0.2) is 23.4 Å². The van der Waals surface area contributed by atoms with Gasteiger partial charge in [-0.15, -0.1) is 0 Å². The van der Waals surface area contributed by atoms with E-state index in [1.54, 1.807) is 18.3 Å². The quantitative estimate of drug-likeness (QED) is 0.440. The molecule has 0 fully saturated rings. The molecule has 0 aromatic rings. The van der Waals surface area contributed by atoms with Gasteiger partial charge in [-0.2, -0.15) is 0 Å². The second-order valence-electron chi connectivity index (χ2n) is 2.23. The monoisotopic (exact) mass is 144 g/mol. The topological polar surface area (TPSA) is 35.5 Å². The summed E-state index contributed by atoms with van der Waals surface area (Å²) in [5.74, 6) is 0. The van der Waals surface area contributed by atoms with Crippen molar-refractivity contribution in [3.63, 3.8) is 0 Å². The summed E-state index contributed by atoms with van der Waals surface area (Å²) in [5.41, 5.74) is 2.80. The average Bonchev–Trinajstić information content (AvgIpc) is 1.88. The molecule has 1 atom stereocenters. The van der Waals surface area contributed by atoms with Crippen molar-refractivity contribution in [3.8, 4) is 0 Å². The van der Waals surface area contributed by atoms with E-state index < -0.39 is 6.23 Å². The van der Waals surface area contributed by atoms with Gasteiger partial charge in [0.25, 0.3) is 0 Å². The predicted octanol–water partition coefficient (Wildman–Crippen LogP) is 0.685. The molecule has 0 aliphatic rings. The van der Waals surface area contributed by atoms with Crippen molar-refractivity contribution in [3.05, 3.63) is 12.8 Å². The number of hydrogen-bond donors (Lipinski definition) is 2. The summed E-state index contributed by atoms with van der Waals surface area (Å²) in [6.07, 6.45) is 2.89. The minimum absolute atomic E-state index is 0.451. The fourth-order valence-corrected chi connectivity index (χ4v) is 0.626. The molecule has 3 heteroatoms. The Kier molecular flexibility index (Phi) is 4.98. The molecule has 1 unspecified atom stereocenters. The third kappa shape index (κ3) is 4.35. The first-order valence-electron chi connectivity index (χ1n) is 3.50. The highest BCUT2D eigenvalue weighted by atomic mass is 16.3. The maximum Gasteiger partial charge on any atom is 0.121 e. The van der Waals surface area contributed by atoms with Crippen molar-refractivity contribution in [2.75, 3.05) is 7.05 Å².